The molecular weight excluding hydrogens is 328 g/mol. The lowest BCUT2D eigenvalue weighted by molar-refractivity contribution is -0.386. The van der Waals surface area contributed by atoms with Crippen molar-refractivity contribution in [2.45, 2.75) is 23.8 Å². The average molecular weight is 344 g/mol. The fraction of sp³-hybridized carbons (Fsp3) is 0.250. The van der Waals surface area contributed by atoms with Gasteiger partial charge in [-0.05, 0) is 32.0 Å². The Kier molecular flexibility index (Phi) is 4.15. The molecule has 24 heavy (non-hydrogen) atoms. The third-order valence-corrected chi connectivity index (χ3v) is 4.66. The SMILES string of the molecule is COc1ccc2nc(SC(C)(C)c3ncccc3[N+](=O)[O-])[nH]c2c1. The van der Waals surface area contributed by atoms with Crippen molar-refractivity contribution in [1.82, 2.24) is 15.0 Å². The molecule has 0 radical (unpaired) electrons. The fourth-order valence-corrected chi connectivity index (χ4v) is 3.48. The number of rotatable bonds is 5. The van der Waals surface area contributed by atoms with Crippen LogP contribution in [0.15, 0.2) is 41.7 Å². The largest absolute Gasteiger partial charge is 0.497 e. The van der Waals surface area contributed by atoms with E-state index in [9.17, 15) is 10.1 Å². The maximum atomic E-state index is 11.3. The van der Waals surface area contributed by atoms with Crippen LogP contribution in [0.4, 0.5) is 5.69 Å². The Morgan fingerprint density at radius 2 is 2.12 bits per heavy atom. The highest BCUT2D eigenvalue weighted by Gasteiger charge is 2.32. The summed E-state index contributed by atoms with van der Waals surface area (Å²) in [4.78, 5) is 22.8. The molecule has 0 saturated heterocycles. The van der Waals surface area contributed by atoms with E-state index in [2.05, 4.69) is 15.0 Å². The number of ether oxygens (including phenoxy) is 1. The van der Waals surface area contributed by atoms with Gasteiger partial charge in [0.1, 0.15) is 11.4 Å². The second-order valence-electron chi connectivity index (χ2n) is 5.67. The predicted octanol–water partition coefficient (Wildman–Crippen LogP) is 3.90. The Hall–Kier alpha value is -2.61. The molecule has 2 heterocycles. The van der Waals surface area contributed by atoms with E-state index in [1.165, 1.54) is 17.8 Å². The lowest BCUT2D eigenvalue weighted by atomic mass is 10.1. The minimum Gasteiger partial charge on any atom is -0.497 e. The number of nitrogens with zero attached hydrogens (tertiary/aromatic N) is 3. The summed E-state index contributed by atoms with van der Waals surface area (Å²) in [5.74, 6) is 0.738. The van der Waals surface area contributed by atoms with E-state index in [1.54, 1.807) is 19.4 Å². The normalized spacial score (nSPS) is 11.6. The summed E-state index contributed by atoms with van der Waals surface area (Å²) in [6.45, 7) is 3.78. The summed E-state index contributed by atoms with van der Waals surface area (Å²) in [6, 6.07) is 8.60. The molecule has 0 atom stereocenters. The lowest BCUT2D eigenvalue weighted by Gasteiger charge is -2.21. The number of benzene rings is 1. The van der Waals surface area contributed by atoms with Gasteiger partial charge in [0, 0.05) is 18.3 Å². The minimum absolute atomic E-state index is 0.00720. The molecule has 0 saturated carbocycles. The number of methoxy groups -OCH3 is 1. The zero-order chi connectivity index (χ0) is 17.3. The maximum Gasteiger partial charge on any atom is 0.292 e. The maximum absolute atomic E-state index is 11.3. The Morgan fingerprint density at radius 1 is 1.33 bits per heavy atom. The van der Waals surface area contributed by atoms with Gasteiger partial charge >= 0.3 is 0 Å². The van der Waals surface area contributed by atoms with Crippen molar-refractivity contribution in [2.24, 2.45) is 0 Å². The van der Waals surface area contributed by atoms with E-state index in [4.69, 9.17) is 4.74 Å². The Labute approximate surface area is 142 Å². The molecular formula is C16H16N4O3S. The fourth-order valence-electron chi connectivity index (χ4n) is 2.44. The molecule has 2 aromatic heterocycles. The third-order valence-electron chi connectivity index (χ3n) is 3.57. The second kappa shape index (κ2) is 6.12. The topological polar surface area (TPSA) is 93.9 Å². The van der Waals surface area contributed by atoms with Crippen LogP contribution in [-0.4, -0.2) is 27.0 Å². The van der Waals surface area contributed by atoms with E-state index in [1.807, 2.05) is 32.0 Å². The number of aromatic nitrogens is 3. The number of thioether (sulfide) groups is 1. The molecule has 8 heteroatoms. The van der Waals surface area contributed by atoms with Gasteiger partial charge in [0.15, 0.2) is 5.16 Å². The highest BCUT2D eigenvalue weighted by molar-refractivity contribution is 8.00. The Balaban J connectivity index is 1.96. The number of fused-ring (bicyclic) bond motifs is 1. The van der Waals surface area contributed by atoms with Crippen LogP contribution in [0, 0.1) is 10.1 Å². The zero-order valence-corrected chi connectivity index (χ0v) is 14.3. The van der Waals surface area contributed by atoms with E-state index >= 15 is 0 Å². The van der Waals surface area contributed by atoms with Gasteiger partial charge in [-0.1, -0.05) is 11.8 Å². The second-order valence-corrected chi connectivity index (χ2v) is 7.28. The van der Waals surface area contributed by atoms with Crippen molar-refractivity contribution in [3.63, 3.8) is 0 Å². The summed E-state index contributed by atoms with van der Waals surface area (Å²) < 4.78 is 4.58. The van der Waals surface area contributed by atoms with Crippen molar-refractivity contribution in [3.05, 3.63) is 52.3 Å². The van der Waals surface area contributed by atoms with Gasteiger partial charge in [-0.25, -0.2) is 4.98 Å². The first-order valence-electron chi connectivity index (χ1n) is 7.23. The quantitative estimate of drug-likeness (QED) is 0.428. The number of hydrogen-bond acceptors (Lipinski definition) is 6. The molecule has 0 unspecified atom stereocenters. The molecule has 0 spiro atoms. The number of nitrogens with one attached hydrogen (secondary N) is 1. The van der Waals surface area contributed by atoms with Crippen LogP contribution in [0.5, 0.6) is 5.75 Å². The molecule has 0 aliphatic rings. The van der Waals surface area contributed by atoms with Crippen LogP contribution < -0.4 is 4.74 Å². The number of hydrogen-bond donors (Lipinski definition) is 1. The van der Waals surface area contributed by atoms with Crippen LogP contribution >= 0.6 is 11.8 Å². The molecule has 7 nitrogen and oxygen atoms in total. The molecule has 3 aromatic rings. The Bertz CT molecular complexity index is 907. The van der Waals surface area contributed by atoms with Gasteiger partial charge in [-0.3, -0.25) is 15.1 Å². The first kappa shape index (κ1) is 16.3. The number of H-pyrrole nitrogens is 1. The summed E-state index contributed by atoms with van der Waals surface area (Å²) in [5.41, 5.74) is 2.08. The van der Waals surface area contributed by atoms with Crippen molar-refractivity contribution >= 4 is 28.5 Å². The smallest absolute Gasteiger partial charge is 0.292 e. The molecule has 0 aliphatic carbocycles. The monoisotopic (exact) mass is 344 g/mol. The van der Waals surface area contributed by atoms with E-state index in [-0.39, 0.29) is 5.69 Å². The van der Waals surface area contributed by atoms with Gasteiger partial charge in [0.25, 0.3) is 5.69 Å². The molecule has 0 amide bonds. The van der Waals surface area contributed by atoms with E-state index in [0.717, 1.165) is 16.8 Å². The highest BCUT2D eigenvalue weighted by Crippen LogP contribution is 2.42. The van der Waals surface area contributed by atoms with Gasteiger partial charge in [0.2, 0.25) is 0 Å². The molecule has 124 valence electrons. The number of imidazole rings is 1. The van der Waals surface area contributed by atoms with Gasteiger partial charge < -0.3 is 9.72 Å². The van der Waals surface area contributed by atoms with Crippen LogP contribution in [-0.2, 0) is 4.75 Å². The highest BCUT2D eigenvalue weighted by atomic mass is 32.2. The van der Waals surface area contributed by atoms with E-state index < -0.39 is 9.67 Å². The van der Waals surface area contributed by atoms with Crippen LogP contribution in [0.25, 0.3) is 11.0 Å². The van der Waals surface area contributed by atoms with Crippen molar-refractivity contribution in [1.29, 1.82) is 0 Å². The standard InChI is InChI=1S/C16H16N4O3S/c1-16(2,14-13(20(21)22)5-4-8-17-14)24-15-18-11-7-6-10(23-3)9-12(11)19-15/h4-9H,1-3H3,(H,18,19). The summed E-state index contributed by atoms with van der Waals surface area (Å²) in [6.07, 6.45) is 1.56. The number of pyridine rings is 1. The zero-order valence-electron chi connectivity index (χ0n) is 13.4. The molecule has 3 rings (SSSR count). The molecule has 0 bridgehead atoms. The average Bonchev–Trinajstić information content (AvgIpc) is 2.95. The van der Waals surface area contributed by atoms with E-state index in [0.29, 0.717) is 10.9 Å². The van der Waals surface area contributed by atoms with Crippen LogP contribution in [0.1, 0.15) is 19.5 Å². The molecule has 0 fully saturated rings. The summed E-state index contributed by atoms with van der Waals surface area (Å²) in [7, 11) is 1.61. The minimum atomic E-state index is -0.623. The molecule has 0 aliphatic heterocycles. The van der Waals surface area contributed by atoms with Crippen molar-refractivity contribution in [3.8, 4) is 5.75 Å². The number of nitro groups is 1. The summed E-state index contributed by atoms with van der Waals surface area (Å²) >= 11 is 1.40. The van der Waals surface area contributed by atoms with Gasteiger partial charge in [-0.2, -0.15) is 0 Å². The first-order chi connectivity index (χ1) is 11.4. The van der Waals surface area contributed by atoms with Gasteiger partial charge in [-0.15, -0.1) is 0 Å². The molecule has 1 aromatic carbocycles. The van der Waals surface area contributed by atoms with Crippen LogP contribution in [0.3, 0.4) is 0 Å². The lowest BCUT2D eigenvalue weighted by Crippen LogP contribution is -2.16. The van der Waals surface area contributed by atoms with Crippen molar-refractivity contribution in [2.75, 3.05) is 7.11 Å². The van der Waals surface area contributed by atoms with Crippen LogP contribution in [0.2, 0.25) is 0 Å². The number of aromatic amines is 1. The summed E-state index contributed by atoms with van der Waals surface area (Å²) in [5, 5.41) is 11.9. The first-order valence-corrected chi connectivity index (χ1v) is 8.05. The van der Waals surface area contributed by atoms with Crippen molar-refractivity contribution < 1.29 is 9.66 Å². The third kappa shape index (κ3) is 3.05. The molecule has 1 N–H and O–H groups in total. The Morgan fingerprint density at radius 3 is 2.83 bits per heavy atom. The predicted molar refractivity (Wildman–Crippen MR) is 92.4 cm³/mol. The van der Waals surface area contributed by atoms with Gasteiger partial charge in [0.05, 0.1) is 27.8 Å².